The number of ether oxygens (including phenoxy) is 1. The molecule has 1 aromatic heterocycles. The molecule has 4 rings (SSSR count). The van der Waals surface area contributed by atoms with Gasteiger partial charge < -0.3 is 9.64 Å². The van der Waals surface area contributed by atoms with Crippen molar-refractivity contribution in [3.63, 3.8) is 0 Å². The Labute approximate surface area is 175 Å². The summed E-state index contributed by atoms with van der Waals surface area (Å²) in [6.45, 7) is 6.05. The minimum absolute atomic E-state index is 0.778. The molecule has 1 atom stereocenters. The molecule has 2 fully saturated rings. The van der Waals surface area contributed by atoms with Crippen molar-refractivity contribution in [3.05, 3.63) is 59.9 Å². The van der Waals surface area contributed by atoms with E-state index in [1.807, 2.05) is 24.5 Å². The van der Waals surface area contributed by atoms with Crippen LogP contribution in [-0.4, -0.2) is 54.1 Å². The molecule has 0 bridgehead atoms. The number of hydrogen-bond donors (Lipinski definition) is 0. The number of benzene rings is 1. The summed E-state index contributed by atoms with van der Waals surface area (Å²) >= 11 is 0. The lowest BCUT2D eigenvalue weighted by Gasteiger charge is -2.42. The summed E-state index contributed by atoms with van der Waals surface area (Å²) in [6, 6.07) is 13.6. The van der Waals surface area contributed by atoms with E-state index in [1.54, 1.807) is 7.11 Å². The van der Waals surface area contributed by atoms with Gasteiger partial charge in [0, 0.05) is 31.5 Å². The van der Waals surface area contributed by atoms with Crippen LogP contribution in [0.3, 0.4) is 0 Å². The summed E-state index contributed by atoms with van der Waals surface area (Å²) in [7, 11) is 1.75. The number of methoxy groups -OCH3 is 1. The highest BCUT2D eigenvalue weighted by molar-refractivity contribution is 5.28. The van der Waals surface area contributed by atoms with Crippen LogP contribution < -0.4 is 4.74 Å². The number of hydrogen-bond acceptors (Lipinski definition) is 4. The molecule has 2 saturated heterocycles. The SMILES string of the molecule is COc1cccc(CC[C@@H]2CCCN(C3CCN(Cc4cccnc4)CC3)C2)c1. The zero-order valence-electron chi connectivity index (χ0n) is 17.8. The van der Waals surface area contributed by atoms with E-state index in [2.05, 4.69) is 39.0 Å². The van der Waals surface area contributed by atoms with Crippen molar-refractivity contribution in [1.29, 1.82) is 0 Å². The van der Waals surface area contributed by atoms with Crippen molar-refractivity contribution in [3.8, 4) is 5.75 Å². The Balaban J connectivity index is 1.22. The van der Waals surface area contributed by atoms with Crippen LogP contribution in [0.4, 0.5) is 0 Å². The van der Waals surface area contributed by atoms with Gasteiger partial charge in [-0.3, -0.25) is 9.88 Å². The third-order valence-electron chi connectivity index (χ3n) is 6.73. The predicted molar refractivity (Wildman–Crippen MR) is 118 cm³/mol. The number of piperidine rings is 2. The van der Waals surface area contributed by atoms with Crippen LogP contribution in [0.1, 0.15) is 43.2 Å². The molecular formula is C25H35N3O. The fourth-order valence-electron chi connectivity index (χ4n) is 5.06. The minimum atomic E-state index is 0.778. The number of likely N-dealkylation sites (tertiary alicyclic amines) is 2. The molecule has 0 radical (unpaired) electrons. The standard InChI is InChI=1S/C25H35N3O/c1-29-25-8-2-5-21(17-25)9-10-22-7-4-14-28(20-22)24-11-15-27(16-12-24)19-23-6-3-13-26-18-23/h2-3,5-6,8,13,17-18,22,24H,4,7,9-12,14-16,19-20H2,1H3/t22-/m0/s1. The average Bonchev–Trinajstić information content (AvgIpc) is 2.79. The van der Waals surface area contributed by atoms with Gasteiger partial charge in [0.15, 0.2) is 0 Å². The second kappa shape index (κ2) is 10.2. The third kappa shape index (κ3) is 5.80. The van der Waals surface area contributed by atoms with E-state index in [9.17, 15) is 0 Å². The van der Waals surface area contributed by atoms with Gasteiger partial charge in [0.2, 0.25) is 0 Å². The highest BCUT2D eigenvalue weighted by Crippen LogP contribution is 2.27. The summed E-state index contributed by atoms with van der Waals surface area (Å²) in [4.78, 5) is 9.66. The van der Waals surface area contributed by atoms with Crippen molar-refractivity contribution in [1.82, 2.24) is 14.8 Å². The Bertz CT molecular complexity index is 743. The van der Waals surface area contributed by atoms with Crippen LogP contribution >= 0.6 is 0 Å². The van der Waals surface area contributed by atoms with E-state index in [4.69, 9.17) is 4.74 Å². The maximum atomic E-state index is 5.37. The van der Waals surface area contributed by atoms with E-state index in [0.717, 1.165) is 24.3 Å². The Hall–Kier alpha value is -1.91. The molecule has 4 nitrogen and oxygen atoms in total. The summed E-state index contributed by atoms with van der Waals surface area (Å²) in [5, 5.41) is 0. The van der Waals surface area contributed by atoms with Crippen molar-refractivity contribution >= 4 is 0 Å². The van der Waals surface area contributed by atoms with E-state index in [-0.39, 0.29) is 0 Å². The van der Waals surface area contributed by atoms with Crippen molar-refractivity contribution in [2.24, 2.45) is 5.92 Å². The van der Waals surface area contributed by atoms with Gasteiger partial charge in [0.25, 0.3) is 0 Å². The molecule has 0 saturated carbocycles. The van der Waals surface area contributed by atoms with E-state index < -0.39 is 0 Å². The average molecular weight is 394 g/mol. The highest BCUT2D eigenvalue weighted by Gasteiger charge is 2.28. The first-order valence-corrected chi connectivity index (χ1v) is 11.3. The van der Waals surface area contributed by atoms with Gasteiger partial charge in [-0.15, -0.1) is 0 Å². The first kappa shape index (κ1) is 20.4. The van der Waals surface area contributed by atoms with Crippen molar-refractivity contribution in [2.45, 2.75) is 51.1 Å². The number of aryl methyl sites for hydroxylation is 1. The van der Waals surface area contributed by atoms with Crippen LogP contribution in [0.5, 0.6) is 5.75 Å². The van der Waals surface area contributed by atoms with Crippen LogP contribution in [0, 0.1) is 5.92 Å². The lowest BCUT2D eigenvalue weighted by molar-refractivity contribution is 0.0674. The van der Waals surface area contributed by atoms with Gasteiger partial charge in [0.05, 0.1) is 7.11 Å². The summed E-state index contributed by atoms with van der Waals surface area (Å²) in [5.74, 6) is 1.81. The first-order valence-electron chi connectivity index (χ1n) is 11.3. The lowest BCUT2D eigenvalue weighted by atomic mass is 9.89. The second-order valence-corrected chi connectivity index (χ2v) is 8.76. The Morgan fingerprint density at radius 2 is 1.90 bits per heavy atom. The monoisotopic (exact) mass is 393 g/mol. The molecule has 29 heavy (non-hydrogen) atoms. The molecule has 0 spiro atoms. The molecule has 1 aromatic carbocycles. The molecule has 2 aromatic rings. The fourth-order valence-corrected chi connectivity index (χ4v) is 5.06. The van der Waals surface area contributed by atoms with Crippen LogP contribution in [0.2, 0.25) is 0 Å². The molecule has 2 aliphatic rings. The minimum Gasteiger partial charge on any atom is -0.497 e. The second-order valence-electron chi connectivity index (χ2n) is 8.76. The van der Waals surface area contributed by atoms with Crippen molar-refractivity contribution < 1.29 is 4.74 Å². The Kier molecular flexibility index (Phi) is 7.18. The molecule has 0 aliphatic carbocycles. The van der Waals surface area contributed by atoms with Gasteiger partial charge in [-0.2, -0.15) is 0 Å². The molecule has 0 N–H and O–H groups in total. The predicted octanol–water partition coefficient (Wildman–Crippen LogP) is 4.40. The molecule has 0 unspecified atom stereocenters. The maximum Gasteiger partial charge on any atom is 0.119 e. The maximum absolute atomic E-state index is 5.37. The smallest absolute Gasteiger partial charge is 0.119 e. The summed E-state index contributed by atoms with van der Waals surface area (Å²) in [5.41, 5.74) is 2.74. The van der Waals surface area contributed by atoms with Gasteiger partial charge in [-0.1, -0.05) is 18.2 Å². The molecule has 3 heterocycles. The van der Waals surface area contributed by atoms with Crippen LogP contribution in [-0.2, 0) is 13.0 Å². The molecule has 156 valence electrons. The largest absolute Gasteiger partial charge is 0.497 e. The van der Waals surface area contributed by atoms with Gasteiger partial charge in [-0.05, 0) is 93.4 Å². The molecule has 4 heteroatoms. The zero-order valence-corrected chi connectivity index (χ0v) is 17.8. The van der Waals surface area contributed by atoms with Gasteiger partial charge in [-0.25, -0.2) is 0 Å². The van der Waals surface area contributed by atoms with E-state index in [1.165, 1.54) is 75.8 Å². The molecule has 0 amide bonds. The number of aromatic nitrogens is 1. The topological polar surface area (TPSA) is 28.6 Å². The first-order chi connectivity index (χ1) is 14.3. The van der Waals surface area contributed by atoms with Crippen LogP contribution in [0.15, 0.2) is 48.8 Å². The van der Waals surface area contributed by atoms with Gasteiger partial charge >= 0.3 is 0 Å². The Morgan fingerprint density at radius 3 is 2.69 bits per heavy atom. The van der Waals surface area contributed by atoms with E-state index in [0.29, 0.717) is 0 Å². The Morgan fingerprint density at radius 1 is 1.03 bits per heavy atom. The normalized spacial score (nSPS) is 21.9. The molecule has 2 aliphatic heterocycles. The van der Waals surface area contributed by atoms with Gasteiger partial charge in [0.1, 0.15) is 5.75 Å². The summed E-state index contributed by atoms with van der Waals surface area (Å²) in [6.07, 6.45) is 11.7. The molecular weight excluding hydrogens is 358 g/mol. The van der Waals surface area contributed by atoms with Crippen LogP contribution in [0.25, 0.3) is 0 Å². The fraction of sp³-hybridized carbons (Fsp3) is 0.560. The summed E-state index contributed by atoms with van der Waals surface area (Å²) < 4.78 is 5.37. The third-order valence-corrected chi connectivity index (χ3v) is 6.73. The highest BCUT2D eigenvalue weighted by atomic mass is 16.5. The number of rotatable bonds is 7. The number of nitrogens with zero attached hydrogens (tertiary/aromatic N) is 3. The van der Waals surface area contributed by atoms with E-state index >= 15 is 0 Å². The lowest BCUT2D eigenvalue weighted by Crippen LogP contribution is -2.48. The number of pyridine rings is 1. The van der Waals surface area contributed by atoms with Crippen molar-refractivity contribution in [2.75, 3.05) is 33.3 Å². The zero-order chi connectivity index (χ0) is 19.9. The quantitative estimate of drug-likeness (QED) is 0.697.